The molecule has 1 aromatic heterocycles. The van der Waals surface area contributed by atoms with E-state index in [4.69, 9.17) is 4.65 Å². The van der Waals surface area contributed by atoms with Crippen LogP contribution in [0.5, 0.6) is 5.75 Å². The molecule has 0 radical (unpaired) electrons. The highest BCUT2D eigenvalue weighted by molar-refractivity contribution is 6.43. The first-order valence-corrected chi connectivity index (χ1v) is 9.13. The summed E-state index contributed by atoms with van der Waals surface area (Å²) in [6.45, 7) is 6.00. The maximum Gasteiger partial charge on any atom is 0.458 e. The number of allylic oxidation sites excluding steroid dienone is 2. The van der Waals surface area contributed by atoms with E-state index in [1.54, 1.807) is 18.3 Å². The minimum Gasteiger partial charge on any atom is -0.508 e. The number of rotatable bonds is 6. The molecule has 1 unspecified atom stereocenters. The van der Waals surface area contributed by atoms with E-state index in [0.717, 1.165) is 40.8 Å². The maximum absolute atomic E-state index is 9.88. The molecule has 0 saturated heterocycles. The maximum atomic E-state index is 9.88. The Kier molecular flexibility index (Phi) is 6.27. The quantitative estimate of drug-likeness (QED) is 0.745. The second kappa shape index (κ2) is 8.84. The van der Waals surface area contributed by atoms with Crippen LogP contribution in [0.3, 0.4) is 0 Å². The molecule has 5 heteroatoms. The molecule has 1 aromatic carbocycles. The summed E-state index contributed by atoms with van der Waals surface area (Å²) >= 11 is 0. The number of phenolic OH excluding ortho intramolecular Hbond substituents is 1. The predicted octanol–water partition coefficient (Wildman–Crippen LogP) is 4.49. The van der Waals surface area contributed by atoms with Crippen LogP contribution >= 0.6 is 0 Å². The summed E-state index contributed by atoms with van der Waals surface area (Å²) in [5.41, 5.74) is 5.00. The standard InChI is InChI=1S/C22H24BNO3/c1-16(2)20-12-13-23(26)27-22(20)11-8-18(21-5-3-4-14-24-21)15-17-6-9-19(25)10-7-17/h3-7,9-10,12,14-15,22,25-26H,1,8,11,13H2,2H3/b18-15-. The van der Waals surface area contributed by atoms with Gasteiger partial charge in [0.05, 0.1) is 11.8 Å². The van der Waals surface area contributed by atoms with Crippen LogP contribution in [0.2, 0.25) is 6.32 Å². The summed E-state index contributed by atoms with van der Waals surface area (Å²) in [7, 11) is -0.766. The lowest BCUT2D eigenvalue weighted by Crippen LogP contribution is -2.31. The van der Waals surface area contributed by atoms with Crippen molar-refractivity contribution in [3.05, 3.63) is 83.7 Å². The Hall–Kier alpha value is -2.63. The monoisotopic (exact) mass is 361 g/mol. The van der Waals surface area contributed by atoms with Gasteiger partial charge in [-0.15, -0.1) is 0 Å². The molecular weight excluding hydrogens is 337 g/mol. The minimum atomic E-state index is -0.766. The van der Waals surface area contributed by atoms with Gasteiger partial charge in [-0.1, -0.05) is 36.4 Å². The van der Waals surface area contributed by atoms with Gasteiger partial charge >= 0.3 is 7.12 Å². The molecule has 1 atom stereocenters. The van der Waals surface area contributed by atoms with Gasteiger partial charge in [0, 0.05) is 12.5 Å². The van der Waals surface area contributed by atoms with Crippen LogP contribution in [-0.4, -0.2) is 28.3 Å². The van der Waals surface area contributed by atoms with Crippen LogP contribution in [0.15, 0.2) is 72.5 Å². The molecule has 0 spiro atoms. The van der Waals surface area contributed by atoms with E-state index in [2.05, 4.69) is 17.6 Å². The molecule has 2 N–H and O–H groups in total. The highest BCUT2D eigenvalue weighted by Crippen LogP contribution is 2.30. The predicted molar refractivity (Wildman–Crippen MR) is 110 cm³/mol. The fourth-order valence-electron chi connectivity index (χ4n) is 3.24. The molecule has 2 heterocycles. The number of benzene rings is 1. The Bertz CT molecular complexity index is 844. The average molecular weight is 361 g/mol. The molecule has 2 aromatic rings. The van der Waals surface area contributed by atoms with Gasteiger partial charge in [-0.25, -0.2) is 0 Å². The van der Waals surface area contributed by atoms with Crippen LogP contribution in [0.4, 0.5) is 0 Å². The lowest BCUT2D eigenvalue weighted by molar-refractivity contribution is 0.184. The lowest BCUT2D eigenvalue weighted by Gasteiger charge is -2.27. The Balaban J connectivity index is 1.83. The molecule has 1 aliphatic rings. The van der Waals surface area contributed by atoms with E-state index in [0.29, 0.717) is 6.32 Å². The fourth-order valence-corrected chi connectivity index (χ4v) is 3.24. The molecule has 4 nitrogen and oxygen atoms in total. The van der Waals surface area contributed by atoms with Crippen LogP contribution in [0.25, 0.3) is 11.6 Å². The SMILES string of the molecule is C=C(C)C1=CCB(O)OC1CC/C(=C/c1ccc(O)cc1)c1ccccn1. The first-order valence-electron chi connectivity index (χ1n) is 9.13. The van der Waals surface area contributed by atoms with Gasteiger partial charge in [0.25, 0.3) is 0 Å². The fraction of sp³-hybridized carbons (Fsp3) is 0.227. The third kappa shape index (κ3) is 5.19. The zero-order valence-electron chi connectivity index (χ0n) is 15.5. The van der Waals surface area contributed by atoms with Gasteiger partial charge in [-0.2, -0.15) is 0 Å². The molecule has 1 aliphatic heterocycles. The number of pyridine rings is 1. The van der Waals surface area contributed by atoms with Gasteiger partial charge in [-0.05, 0) is 66.8 Å². The number of nitrogens with zero attached hydrogens (tertiary/aromatic N) is 1. The molecule has 0 saturated carbocycles. The summed E-state index contributed by atoms with van der Waals surface area (Å²) in [6, 6.07) is 12.9. The van der Waals surface area contributed by atoms with E-state index in [9.17, 15) is 10.1 Å². The van der Waals surface area contributed by atoms with Crippen molar-refractivity contribution in [3.8, 4) is 5.75 Å². The van der Waals surface area contributed by atoms with Gasteiger partial charge in [0.15, 0.2) is 0 Å². The smallest absolute Gasteiger partial charge is 0.458 e. The summed E-state index contributed by atoms with van der Waals surface area (Å²) in [4.78, 5) is 4.49. The molecule has 0 bridgehead atoms. The van der Waals surface area contributed by atoms with E-state index >= 15 is 0 Å². The topological polar surface area (TPSA) is 62.6 Å². The van der Waals surface area contributed by atoms with Crippen LogP contribution in [0, 0.1) is 0 Å². The lowest BCUT2D eigenvalue weighted by atomic mass is 9.78. The normalized spacial score (nSPS) is 17.6. The molecule has 0 amide bonds. The molecule has 27 heavy (non-hydrogen) atoms. The van der Waals surface area contributed by atoms with Crippen molar-refractivity contribution in [2.24, 2.45) is 0 Å². The van der Waals surface area contributed by atoms with E-state index in [-0.39, 0.29) is 11.9 Å². The van der Waals surface area contributed by atoms with Crippen molar-refractivity contribution in [3.63, 3.8) is 0 Å². The molecule has 138 valence electrons. The summed E-state index contributed by atoms with van der Waals surface area (Å²) in [5, 5.41) is 19.4. The number of hydrogen-bond acceptors (Lipinski definition) is 4. The third-order valence-corrected chi connectivity index (χ3v) is 4.60. The summed E-state index contributed by atoms with van der Waals surface area (Å²) in [6.07, 6.45) is 7.64. The Morgan fingerprint density at radius 2 is 2.07 bits per heavy atom. The molecule has 0 aliphatic carbocycles. The zero-order valence-corrected chi connectivity index (χ0v) is 15.5. The number of phenols is 1. The number of aromatic nitrogens is 1. The number of hydrogen-bond donors (Lipinski definition) is 2. The van der Waals surface area contributed by atoms with E-state index in [1.165, 1.54) is 0 Å². The van der Waals surface area contributed by atoms with Crippen molar-refractivity contribution >= 4 is 18.8 Å². The second-order valence-corrected chi connectivity index (χ2v) is 6.77. The van der Waals surface area contributed by atoms with Crippen LogP contribution < -0.4 is 0 Å². The van der Waals surface area contributed by atoms with Gasteiger partial charge in [0.2, 0.25) is 0 Å². The van der Waals surface area contributed by atoms with Crippen molar-refractivity contribution < 1.29 is 14.8 Å². The van der Waals surface area contributed by atoms with Crippen molar-refractivity contribution in [2.45, 2.75) is 32.2 Å². The van der Waals surface area contributed by atoms with Crippen LogP contribution in [0.1, 0.15) is 31.0 Å². The van der Waals surface area contributed by atoms with Gasteiger partial charge in [-0.3, -0.25) is 4.98 Å². The van der Waals surface area contributed by atoms with Gasteiger partial charge in [0.1, 0.15) is 5.75 Å². The summed E-state index contributed by atoms with van der Waals surface area (Å²) < 4.78 is 5.76. The highest BCUT2D eigenvalue weighted by Gasteiger charge is 2.27. The Labute approximate surface area is 160 Å². The average Bonchev–Trinajstić information content (AvgIpc) is 2.67. The minimum absolute atomic E-state index is 0.182. The van der Waals surface area contributed by atoms with Crippen molar-refractivity contribution in [2.75, 3.05) is 0 Å². The molecule has 3 rings (SSSR count). The first-order chi connectivity index (χ1) is 13.0. The van der Waals surface area contributed by atoms with E-state index < -0.39 is 7.12 Å². The third-order valence-electron chi connectivity index (χ3n) is 4.60. The van der Waals surface area contributed by atoms with Gasteiger partial charge < -0.3 is 14.8 Å². The Morgan fingerprint density at radius 1 is 1.30 bits per heavy atom. The largest absolute Gasteiger partial charge is 0.508 e. The zero-order chi connectivity index (χ0) is 19.2. The van der Waals surface area contributed by atoms with Crippen molar-refractivity contribution in [1.29, 1.82) is 0 Å². The second-order valence-electron chi connectivity index (χ2n) is 6.77. The van der Waals surface area contributed by atoms with Crippen molar-refractivity contribution in [1.82, 2.24) is 4.98 Å². The molecular formula is C22H24BNO3. The summed E-state index contributed by atoms with van der Waals surface area (Å²) in [5.74, 6) is 0.243. The number of aromatic hydroxyl groups is 1. The Morgan fingerprint density at radius 3 is 2.74 bits per heavy atom. The van der Waals surface area contributed by atoms with E-state index in [1.807, 2.05) is 43.3 Å². The highest BCUT2D eigenvalue weighted by atomic mass is 16.5. The molecule has 0 fully saturated rings. The van der Waals surface area contributed by atoms with Crippen LogP contribution in [-0.2, 0) is 4.65 Å². The first kappa shape index (κ1) is 19.1.